The van der Waals surface area contributed by atoms with E-state index in [9.17, 15) is 9.18 Å². The second kappa shape index (κ2) is 4.24. The monoisotopic (exact) mass is 222 g/mol. The van der Waals surface area contributed by atoms with E-state index < -0.39 is 0 Å². The molecule has 1 aromatic rings. The number of carbonyl (C=O) groups is 1. The van der Waals surface area contributed by atoms with Crippen molar-refractivity contribution < 1.29 is 13.9 Å². The molecule has 1 aliphatic rings. The second-order valence-corrected chi connectivity index (χ2v) is 4.32. The zero-order chi connectivity index (χ0) is 11.7. The molecule has 0 aliphatic heterocycles. The van der Waals surface area contributed by atoms with E-state index in [1.807, 2.05) is 0 Å². The average Bonchev–Trinajstić information content (AvgIpc) is 2.16. The summed E-state index contributed by atoms with van der Waals surface area (Å²) in [5.41, 5.74) is 0.856. The van der Waals surface area contributed by atoms with Crippen molar-refractivity contribution in [3.63, 3.8) is 0 Å². The Morgan fingerprint density at radius 2 is 2.12 bits per heavy atom. The first-order chi connectivity index (χ1) is 7.58. The molecule has 86 valence electrons. The number of aryl methyl sites for hydroxylation is 1. The van der Waals surface area contributed by atoms with Crippen molar-refractivity contribution in [2.24, 2.45) is 0 Å². The topological polar surface area (TPSA) is 26.3 Å². The van der Waals surface area contributed by atoms with Crippen molar-refractivity contribution in [3.8, 4) is 5.75 Å². The Morgan fingerprint density at radius 1 is 1.44 bits per heavy atom. The van der Waals surface area contributed by atoms with Crippen LogP contribution < -0.4 is 4.74 Å². The van der Waals surface area contributed by atoms with Gasteiger partial charge < -0.3 is 4.74 Å². The van der Waals surface area contributed by atoms with E-state index in [2.05, 4.69) is 0 Å². The van der Waals surface area contributed by atoms with E-state index in [-0.39, 0.29) is 17.7 Å². The highest BCUT2D eigenvalue weighted by atomic mass is 19.1. The number of ketones is 1. The van der Waals surface area contributed by atoms with E-state index >= 15 is 0 Å². The summed E-state index contributed by atoms with van der Waals surface area (Å²) < 4.78 is 19.0. The van der Waals surface area contributed by atoms with Crippen LogP contribution in [-0.4, -0.2) is 11.9 Å². The molecule has 1 aliphatic carbocycles. The van der Waals surface area contributed by atoms with Crippen LogP contribution in [0.4, 0.5) is 4.39 Å². The first-order valence-electron chi connectivity index (χ1n) is 5.55. The predicted octanol–water partition coefficient (Wildman–Crippen LogP) is 3.27. The van der Waals surface area contributed by atoms with Gasteiger partial charge in [0.2, 0.25) is 0 Å². The van der Waals surface area contributed by atoms with Crippen molar-refractivity contribution in [1.29, 1.82) is 0 Å². The number of rotatable bonds is 3. The highest BCUT2D eigenvalue weighted by molar-refractivity contribution is 5.96. The summed E-state index contributed by atoms with van der Waals surface area (Å²) >= 11 is 0. The molecule has 0 unspecified atom stereocenters. The van der Waals surface area contributed by atoms with E-state index in [0.29, 0.717) is 16.9 Å². The lowest BCUT2D eigenvalue weighted by atomic mass is 9.96. The molecule has 2 nitrogen and oxygen atoms in total. The van der Waals surface area contributed by atoms with Crippen LogP contribution in [0.1, 0.15) is 42.1 Å². The fourth-order valence-electron chi connectivity index (χ4n) is 1.70. The first-order valence-corrected chi connectivity index (χ1v) is 5.55. The summed E-state index contributed by atoms with van der Waals surface area (Å²) in [6.07, 6.45) is 3.41. The Hall–Kier alpha value is -1.38. The van der Waals surface area contributed by atoms with Crippen molar-refractivity contribution >= 4 is 5.78 Å². The molecule has 0 N–H and O–H groups in total. The van der Waals surface area contributed by atoms with Gasteiger partial charge in [-0.1, -0.05) is 0 Å². The van der Waals surface area contributed by atoms with Gasteiger partial charge in [-0.3, -0.25) is 4.79 Å². The van der Waals surface area contributed by atoms with Crippen molar-refractivity contribution in [2.45, 2.75) is 39.2 Å². The van der Waals surface area contributed by atoms with Crippen LogP contribution in [0.5, 0.6) is 5.75 Å². The first kappa shape index (κ1) is 11.1. The molecule has 0 spiro atoms. The molecule has 3 heteroatoms. The van der Waals surface area contributed by atoms with E-state index in [4.69, 9.17) is 4.74 Å². The van der Waals surface area contributed by atoms with Crippen molar-refractivity contribution in [3.05, 3.63) is 29.1 Å². The maximum Gasteiger partial charge on any atom is 0.163 e. The van der Waals surface area contributed by atoms with Crippen LogP contribution >= 0.6 is 0 Å². The average molecular weight is 222 g/mol. The van der Waals surface area contributed by atoms with Crippen LogP contribution in [0.2, 0.25) is 0 Å². The van der Waals surface area contributed by atoms with E-state index in [1.165, 1.54) is 19.4 Å². The number of Topliss-reactive ketones (excluding diaryl/α,β-unsaturated/α-hetero) is 1. The number of hydrogen-bond donors (Lipinski definition) is 0. The Kier molecular flexibility index (Phi) is 2.95. The van der Waals surface area contributed by atoms with Crippen LogP contribution in [0.15, 0.2) is 12.1 Å². The molecule has 1 fully saturated rings. The zero-order valence-corrected chi connectivity index (χ0v) is 9.55. The fraction of sp³-hybridized carbons (Fsp3) is 0.462. The van der Waals surface area contributed by atoms with Crippen molar-refractivity contribution in [2.75, 3.05) is 0 Å². The Morgan fingerprint density at radius 3 is 2.62 bits per heavy atom. The summed E-state index contributed by atoms with van der Waals surface area (Å²) in [5.74, 6) is 0.00971. The van der Waals surface area contributed by atoms with Crippen LogP contribution in [0.3, 0.4) is 0 Å². The quantitative estimate of drug-likeness (QED) is 0.734. The molecule has 16 heavy (non-hydrogen) atoms. The Labute approximate surface area is 94.4 Å². The van der Waals surface area contributed by atoms with Gasteiger partial charge in [-0.05, 0) is 50.8 Å². The summed E-state index contributed by atoms with van der Waals surface area (Å²) in [6.45, 7) is 3.10. The summed E-state index contributed by atoms with van der Waals surface area (Å²) in [4.78, 5) is 11.4. The molecule has 0 bridgehead atoms. The van der Waals surface area contributed by atoms with E-state index in [1.54, 1.807) is 13.0 Å². The van der Waals surface area contributed by atoms with Gasteiger partial charge in [0.05, 0.1) is 11.7 Å². The number of halogens is 1. The van der Waals surface area contributed by atoms with Crippen LogP contribution in [0.25, 0.3) is 0 Å². The SMILES string of the molecule is CC(=O)c1cc(F)c(C)cc1OC1CCC1. The lowest BCUT2D eigenvalue weighted by Gasteiger charge is -2.27. The highest BCUT2D eigenvalue weighted by Crippen LogP contribution is 2.29. The molecular formula is C13H15FO2. The lowest BCUT2D eigenvalue weighted by Crippen LogP contribution is -2.25. The minimum absolute atomic E-state index is 0.159. The van der Waals surface area contributed by atoms with Gasteiger partial charge in [0.1, 0.15) is 11.6 Å². The maximum absolute atomic E-state index is 13.3. The lowest BCUT2D eigenvalue weighted by molar-refractivity contribution is 0.0982. The Bertz CT molecular complexity index is 422. The Balaban J connectivity index is 2.32. The van der Waals surface area contributed by atoms with Gasteiger partial charge in [-0.25, -0.2) is 4.39 Å². The summed E-state index contributed by atoms with van der Waals surface area (Å²) in [6, 6.07) is 2.88. The van der Waals surface area contributed by atoms with E-state index in [0.717, 1.165) is 12.8 Å². The zero-order valence-electron chi connectivity index (χ0n) is 9.55. The van der Waals surface area contributed by atoms with Gasteiger partial charge >= 0.3 is 0 Å². The highest BCUT2D eigenvalue weighted by Gasteiger charge is 2.22. The molecule has 1 aromatic carbocycles. The largest absolute Gasteiger partial charge is 0.490 e. The standard InChI is InChI=1S/C13H15FO2/c1-8-6-13(16-10-4-3-5-10)11(9(2)15)7-12(8)14/h6-7,10H,3-5H2,1-2H3. The number of ether oxygens (including phenoxy) is 1. The molecule has 2 rings (SSSR count). The van der Waals surface area contributed by atoms with Gasteiger partial charge in [-0.15, -0.1) is 0 Å². The van der Waals surface area contributed by atoms with Crippen LogP contribution in [0, 0.1) is 12.7 Å². The molecule has 0 amide bonds. The smallest absolute Gasteiger partial charge is 0.163 e. The number of hydrogen-bond acceptors (Lipinski definition) is 2. The molecule has 0 heterocycles. The molecule has 0 atom stereocenters. The molecule has 0 radical (unpaired) electrons. The van der Waals surface area contributed by atoms with Gasteiger partial charge in [0.25, 0.3) is 0 Å². The third-order valence-electron chi connectivity index (χ3n) is 2.99. The summed E-state index contributed by atoms with van der Waals surface area (Å²) in [7, 11) is 0. The third kappa shape index (κ3) is 2.08. The summed E-state index contributed by atoms with van der Waals surface area (Å²) in [5, 5.41) is 0. The molecule has 0 saturated heterocycles. The van der Waals surface area contributed by atoms with Crippen molar-refractivity contribution in [1.82, 2.24) is 0 Å². The molecular weight excluding hydrogens is 207 g/mol. The minimum Gasteiger partial charge on any atom is -0.490 e. The molecule has 1 saturated carbocycles. The normalized spacial score (nSPS) is 15.7. The van der Waals surface area contributed by atoms with Gasteiger partial charge in [-0.2, -0.15) is 0 Å². The fourth-order valence-corrected chi connectivity index (χ4v) is 1.70. The predicted molar refractivity (Wildman–Crippen MR) is 59.4 cm³/mol. The van der Waals surface area contributed by atoms with Gasteiger partial charge in [0, 0.05) is 0 Å². The maximum atomic E-state index is 13.3. The minimum atomic E-state index is -0.355. The van der Waals surface area contributed by atoms with Crippen LogP contribution in [-0.2, 0) is 0 Å². The number of benzene rings is 1. The third-order valence-corrected chi connectivity index (χ3v) is 2.99. The second-order valence-electron chi connectivity index (χ2n) is 4.32. The van der Waals surface area contributed by atoms with Gasteiger partial charge in [0.15, 0.2) is 5.78 Å². The number of carbonyl (C=O) groups excluding carboxylic acids is 1. The molecule has 0 aromatic heterocycles.